The normalized spacial score (nSPS) is 26.4. The fourth-order valence-electron chi connectivity index (χ4n) is 4.34. The maximum absolute atomic E-state index is 12.7. The molecule has 1 aliphatic rings. The van der Waals surface area contributed by atoms with Gasteiger partial charge in [-0.2, -0.15) is 0 Å². The maximum atomic E-state index is 12.7. The molecule has 1 aliphatic carbocycles. The van der Waals surface area contributed by atoms with E-state index in [0.29, 0.717) is 5.92 Å². The van der Waals surface area contributed by atoms with Gasteiger partial charge in [0.25, 0.3) is 0 Å². The van der Waals surface area contributed by atoms with E-state index in [1.165, 1.54) is 12.0 Å². The van der Waals surface area contributed by atoms with E-state index in [1.807, 2.05) is 19.9 Å². The maximum Gasteiger partial charge on any atom is 0.311 e. The monoisotopic (exact) mass is 360 g/mol. The number of benzene rings is 1. The van der Waals surface area contributed by atoms with Gasteiger partial charge in [-0.3, -0.25) is 4.79 Å². The highest BCUT2D eigenvalue weighted by molar-refractivity contribution is 5.73. The van der Waals surface area contributed by atoms with E-state index < -0.39 is 12.0 Å². The van der Waals surface area contributed by atoms with Crippen LogP contribution in [0.15, 0.2) is 30.3 Å². The third-order valence-corrected chi connectivity index (χ3v) is 6.33. The third kappa shape index (κ3) is 4.68. The molecule has 1 aromatic carbocycles. The molecule has 0 radical (unpaired) electrons. The van der Waals surface area contributed by atoms with Crippen LogP contribution in [-0.2, 0) is 14.9 Å². The molecular weight excluding hydrogens is 324 g/mol. The lowest BCUT2D eigenvalue weighted by molar-refractivity contribution is -0.165. The van der Waals surface area contributed by atoms with Crippen LogP contribution in [0.2, 0.25) is 0 Å². The van der Waals surface area contributed by atoms with Crippen LogP contribution >= 0.6 is 0 Å². The quantitative estimate of drug-likeness (QED) is 0.729. The molecule has 3 nitrogen and oxygen atoms in total. The molecule has 0 aliphatic heterocycles. The molecule has 1 saturated carbocycles. The average molecular weight is 361 g/mol. The first-order valence-electron chi connectivity index (χ1n) is 10.1. The number of hydrogen-bond acceptors (Lipinski definition) is 3. The molecule has 0 spiro atoms. The van der Waals surface area contributed by atoms with Gasteiger partial charge in [0.05, 0.1) is 12.0 Å². The Kier molecular flexibility index (Phi) is 6.90. The molecule has 0 saturated heterocycles. The van der Waals surface area contributed by atoms with Crippen molar-refractivity contribution in [2.45, 2.75) is 78.4 Å². The van der Waals surface area contributed by atoms with E-state index in [-0.39, 0.29) is 29.3 Å². The van der Waals surface area contributed by atoms with Crippen LogP contribution in [0, 0.1) is 23.7 Å². The highest BCUT2D eigenvalue weighted by Gasteiger charge is 2.42. The summed E-state index contributed by atoms with van der Waals surface area (Å²) in [7, 11) is 0. The van der Waals surface area contributed by atoms with Gasteiger partial charge >= 0.3 is 5.97 Å². The Morgan fingerprint density at radius 3 is 2.35 bits per heavy atom. The van der Waals surface area contributed by atoms with Crippen LogP contribution in [-0.4, -0.2) is 23.3 Å². The first-order valence-corrected chi connectivity index (χ1v) is 10.1. The zero-order valence-electron chi connectivity index (χ0n) is 17.2. The highest BCUT2D eigenvalue weighted by Crippen LogP contribution is 2.43. The molecule has 3 heteroatoms. The van der Waals surface area contributed by atoms with Crippen molar-refractivity contribution in [3.05, 3.63) is 35.9 Å². The van der Waals surface area contributed by atoms with Gasteiger partial charge in [0.1, 0.15) is 6.10 Å². The summed E-state index contributed by atoms with van der Waals surface area (Å²) in [5.41, 5.74) is 1.22. The number of rotatable bonds is 6. The van der Waals surface area contributed by atoms with Crippen molar-refractivity contribution in [1.82, 2.24) is 0 Å². The molecule has 146 valence electrons. The molecule has 0 aromatic heterocycles. The molecule has 1 fully saturated rings. The van der Waals surface area contributed by atoms with Crippen LogP contribution in [0.4, 0.5) is 0 Å². The predicted molar refractivity (Wildman–Crippen MR) is 106 cm³/mol. The number of carbonyl (C=O) groups excluding carboxylic acids is 1. The zero-order chi connectivity index (χ0) is 19.5. The van der Waals surface area contributed by atoms with Gasteiger partial charge in [0.15, 0.2) is 0 Å². The van der Waals surface area contributed by atoms with Crippen molar-refractivity contribution in [1.29, 1.82) is 0 Å². The van der Waals surface area contributed by atoms with E-state index in [1.54, 1.807) is 6.92 Å². The number of aliphatic hydroxyl groups is 1. The Morgan fingerprint density at radius 2 is 1.77 bits per heavy atom. The molecule has 0 amide bonds. The first-order chi connectivity index (χ1) is 12.1. The van der Waals surface area contributed by atoms with Gasteiger partial charge in [-0.1, -0.05) is 71.4 Å². The second-order valence-electron chi connectivity index (χ2n) is 9.11. The Bertz CT molecular complexity index is 578. The van der Waals surface area contributed by atoms with E-state index in [2.05, 4.69) is 45.0 Å². The summed E-state index contributed by atoms with van der Waals surface area (Å²) in [6.07, 6.45) is 2.37. The van der Waals surface area contributed by atoms with Crippen LogP contribution in [0.1, 0.15) is 66.4 Å². The van der Waals surface area contributed by atoms with Gasteiger partial charge in [0, 0.05) is 5.92 Å². The molecule has 2 rings (SSSR count). The number of esters is 1. The first kappa shape index (κ1) is 21.0. The Labute approximate surface area is 159 Å². The van der Waals surface area contributed by atoms with Crippen LogP contribution < -0.4 is 0 Å². The Balaban J connectivity index is 2.19. The molecule has 1 N–H and O–H groups in total. The topological polar surface area (TPSA) is 46.5 Å². The minimum atomic E-state index is -0.663. The molecule has 0 unspecified atom stereocenters. The van der Waals surface area contributed by atoms with Crippen LogP contribution in [0.3, 0.4) is 0 Å². The summed E-state index contributed by atoms with van der Waals surface area (Å²) in [5.74, 6) is 0.126. The summed E-state index contributed by atoms with van der Waals surface area (Å²) in [5, 5.41) is 10.2. The molecule has 1 aromatic rings. The van der Waals surface area contributed by atoms with E-state index in [9.17, 15) is 9.90 Å². The fraction of sp³-hybridized carbons (Fsp3) is 0.696. The van der Waals surface area contributed by atoms with Crippen molar-refractivity contribution in [2.24, 2.45) is 23.7 Å². The molecule has 26 heavy (non-hydrogen) atoms. The van der Waals surface area contributed by atoms with E-state index >= 15 is 0 Å². The van der Waals surface area contributed by atoms with Gasteiger partial charge < -0.3 is 9.84 Å². The SMILES string of the molecule is CC(C)[C@H](O)[C@@H](C)C(=O)O[C@@H]1C[C@H](C)CC[C@H]1C(C)(C)c1ccccc1. The predicted octanol–water partition coefficient (Wildman–Crippen LogP) is 4.97. The number of carbonyl (C=O) groups is 1. The second kappa shape index (κ2) is 8.56. The van der Waals surface area contributed by atoms with Crippen molar-refractivity contribution >= 4 is 5.97 Å². The van der Waals surface area contributed by atoms with Crippen LogP contribution in [0.25, 0.3) is 0 Å². The molecule has 0 bridgehead atoms. The van der Waals surface area contributed by atoms with E-state index in [4.69, 9.17) is 4.74 Å². The van der Waals surface area contributed by atoms with Crippen molar-refractivity contribution < 1.29 is 14.6 Å². The van der Waals surface area contributed by atoms with Gasteiger partial charge in [-0.15, -0.1) is 0 Å². The minimum Gasteiger partial charge on any atom is -0.462 e. The third-order valence-electron chi connectivity index (χ3n) is 6.33. The Morgan fingerprint density at radius 1 is 1.15 bits per heavy atom. The van der Waals surface area contributed by atoms with Crippen molar-refractivity contribution in [3.63, 3.8) is 0 Å². The zero-order valence-corrected chi connectivity index (χ0v) is 17.2. The molecule has 5 atom stereocenters. The second-order valence-corrected chi connectivity index (χ2v) is 9.11. The molecule has 0 heterocycles. The van der Waals surface area contributed by atoms with Crippen molar-refractivity contribution in [3.8, 4) is 0 Å². The lowest BCUT2D eigenvalue weighted by Crippen LogP contribution is -2.45. The number of ether oxygens (including phenoxy) is 1. The number of hydrogen-bond donors (Lipinski definition) is 1. The van der Waals surface area contributed by atoms with Crippen LogP contribution in [0.5, 0.6) is 0 Å². The lowest BCUT2D eigenvalue weighted by Gasteiger charge is -2.44. The average Bonchev–Trinajstić information content (AvgIpc) is 2.60. The van der Waals surface area contributed by atoms with Gasteiger partial charge in [-0.05, 0) is 42.6 Å². The number of aliphatic hydroxyl groups excluding tert-OH is 1. The highest BCUT2D eigenvalue weighted by atomic mass is 16.5. The minimum absolute atomic E-state index is 0.0411. The summed E-state index contributed by atoms with van der Waals surface area (Å²) in [4.78, 5) is 12.7. The standard InChI is InChI=1S/C23H36O3/c1-15(2)21(24)17(4)22(25)26-20-14-16(3)12-13-19(20)23(5,6)18-10-8-7-9-11-18/h7-11,15-17,19-21,24H,12-14H2,1-6H3/t16-,17-,19-,20-,21+/m1/s1. The largest absolute Gasteiger partial charge is 0.462 e. The lowest BCUT2D eigenvalue weighted by atomic mass is 9.64. The summed E-state index contributed by atoms with van der Waals surface area (Å²) >= 11 is 0. The molecular formula is C23H36O3. The summed E-state index contributed by atoms with van der Waals surface area (Å²) < 4.78 is 6.02. The van der Waals surface area contributed by atoms with Gasteiger partial charge in [-0.25, -0.2) is 0 Å². The van der Waals surface area contributed by atoms with Gasteiger partial charge in [0.2, 0.25) is 0 Å². The smallest absolute Gasteiger partial charge is 0.311 e. The van der Waals surface area contributed by atoms with E-state index in [0.717, 1.165) is 12.8 Å². The van der Waals surface area contributed by atoms with Crippen molar-refractivity contribution in [2.75, 3.05) is 0 Å². The summed E-state index contributed by atoms with van der Waals surface area (Å²) in [6, 6.07) is 10.5. The Hall–Kier alpha value is -1.35. The fourth-order valence-corrected chi connectivity index (χ4v) is 4.34. The summed E-state index contributed by atoms with van der Waals surface area (Å²) in [6.45, 7) is 12.4.